The lowest BCUT2D eigenvalue weighted by Gasteiger charge is -1.94. The van der Waals surface area contributed by atoms with Crippen molar-refractivity contribution in [3.05, 3.63) is 47.7 Å². The van der Waals surface area contributed by atoms with Crippen molar-refractivity contribution in [3.63, 3.8) is 0 Å². The Hall–Kier alpha value is -2.21. The van der Waals surface area contributed by atoms with Gasteiger partial charge in [-0.1, -0.05) is 11.3 Å². The number of aromatic nitrogens is 5. The summed E-state index contributed by atoms with van der Waals surface area (Å²) in [6.45, 7) is 2.50. The third-order valence-corrected chi connectivity index (χ3v) is 2.72. The maximum Gasteiger partial charge on any atom is 0.137 e. The van der Waals surface area contributed by atoms with Gasteiger partial charge in [-0.3, -0.25) is 0 Å². The lowest BCUT2D eigenvalue weighted by atomic mass is 10.3. The molecular weight excluding hydrogens is 230 g/mol. The molecule has 0 aromatic carbocycles. The molecule has 3 aromatic heterocycles. The average Bonchev–Trinajstić information content (AvgIpc) is 2.95. The molecule has 3 rings (SSSR count). The Morgan fingerprint density at radius 2 is 2.06 bits per heavy atom. The van der Waals surface area contributed by atoms with Crippen LogP contribution in [0, 0.1) is 6.92 Å². The molecule has 92 valence electrons. The largest absolute Gasteiger partial charge is 0.390 e. The average molecular weight is 243 g/mol. The maximum absolute atomic E-state index is 8.93. The number of aliphatic hydroxyl groups excluding tert-OH is 1. The molecule has 0 bridgehead atoms. The molecule has 0 amide bonds. The fourth-order valence-electron chi connectivity index (χ4n) is 1.89. The van der Waals surface area contributed by atoms with Crippen molar-refractivity contribution in [2.24, 2.45) is 0 Å². The van der Waals surface area contributed by atoms with Crippen molar-refractivity contribution in [2.75, 3.05) is 0 Å². The van der Waals surface area contributed by atoms with Crippen molar-refractivity contribution < 1.29 is 5.11 Å². The minimum atomic E-state index is -0.0929. The summed E-state index contributed by atoms with van der Waals surface area (Å²) in [4.78, 5) is 4.50. The van der Waals surface area contributed by atoms with E-state index in [1.54, 1.807) is 10.9 Å². The van der Waals surface area contributed by atoms with Crippen LogP contribution in [0.2, 0.25) is 0 Å². The fraction of sp³-hybridized carbons (Fsp3) is 0.250. The van der Waals surface area contributed by atoms with Crippen LogP contribution in [0.4, 0.5) is 0 Å². The number of fused-ring (bicyclic) bond motifs is 1. The SMILES string of the molecule is Cc1ccc2nc(Cn3cc(CO)nn3)cn2c1. The van der Waals surface area contributed by atoms with E-state index in [0.29, 0.717) is 12.2 Å². The van der Waals surface area contributed by atoms with Gasteiger partial charge in [-0.15, -0.1) is 5.10 Å². The van der Waals surface area contributed by atoms with E-state index in [2.05, 4.69) is 15.3 Å². The van der Waals surface area contributed by atoms with Gasteiger partial charge in [0.2, 0.25) is 0 Å². The summed E-state index contributed by atoms with van der Waals surface area (Å²) in [5.74, 6) is 0. The number of rotatable bonds is 3. The molecule has 3 heterocycles. The van der Waals surface area contributed by atoms with Gasteiger partial charge in [0.1, 0.15) is 11.3 Å². The van der Waals surface area contributed by atoms with Crippen LogP contribution >= 0.6 is 0 Å². The van der Waals surface area contributed by atoms with Crippen LogP contribution in [0.1, 0.15) is 17.0 Å². The molecule has 0 unspecified atom stereocenters. The van der Waals surface area contributed by atoms with Crippen LogP contribution < -0.4 is 0 Å². The molecule has 3 aromatic rings. The number of pyridine rings is 1. The predicted octanol–water partition coefficient (Wildman–Crippen LogP) is 0.775. The summed E-state index contributed by atoms with van der Waals surface area (Å²) < 4.78 is 3.66. The highest BCUT2D eigenvalue weighted by Crippen LogP contribution is 2.08. The number of aliphatic hydroxyl groups is 1. The lowest BCUT2D eigenvalue weighted by molar-refractivity contribution is 0.276. The van der Waals surface area contributed by atoms with Gasteiger partial charge in [0.05, 0.1) is 25.0 Å². The summed E-state index contributed by atoms with van der Waals surface area (Å²) in [5, 5.41) is 16.7. The van der Waals surface area contributed by atoms with Crippen LogP contribution in [-0.2, 0) is 13.2 Å². The van der Waals surface area contributed by atoms with Gasteiger partial charge >= 0.3 is 0 Å². The normalized spacial score (nSPS) is 11.2. The second-order valence-electron chi connectivity index (χ2n) is 4.27. The van der Waals surface area contributed by atoms with Crippen molar-refractivity contribution in [2.45, 2.75) is 20.1 Å². The number of hydrogen-bond acceptors (Lipinski definition) is 4. The lowest BCUT2D eigenvalue weighted by Crippen LogP contribution is -2.00. The molecule has 0 aliphatic carbocycles. The van der Waals surface area contributed by atoms with Crippen LogP contribution in [0.3, 0.4) is 0 Å². The summed E-state index contributed by atoms with van der Waals surface area (Å²) in [6, 6.07) is 4.02. The van der Waals surface area contributed by atoms with E-state index in [1.807, 2.05) is 35.9 Å². The van der Waals surface area contributed by atoms with Gasteiger partial charge in [-0.05, 0) is 18.6 Å². The first-order valence-electron chi connectivity index (χ1n) is 5.69. The second-order valence-corrected chi connectivity index (χ2v) is 4.27. The molecule has 0 atom stereocenters. The predicted molar refractivity (Wildman–Crippen MR) is 65.0 cm³/mol. The number of imidazole rings is 1. The summed E-state index contributed by atoms with van der Waals surface area (Å²) in [7, 11) is 0. The highest BCUT2D eigenvalue weighted by molar-refractivity contribution is 5.41. The number of nitrogens with zero attached hydrogens (tertiary/aromatic N) is 5. The van der Waals surface area contributed by atoms with E-state index in [0.717, 1.165) is 11.3 Å². The van der Waals surface area contributed by atoms with Crippen LogP contribution in [0.15, 0.2) is 30.7 Å². The molecule has 0 saturated heterocycles. The summed E-state index contributed by atoms with van der Waals surface area (Å²) >= 11 is 0. The zero-order valence-corrected chi connectivity index (χ0v) is 9.98. The Morgan fingerprint density at radius 3 is 2.83 bits per heavy atom. The van der Waals surface area contributed by atoms with E-state index in [9.17, 15) is 0 Å². The monoisotopic (exact) mass is 243 g/mol. The van der Waals surface area contributed by atoms with E-state index < -0.39 is 0 Å². The molecule has 6 nitrogen and oxygen atoms in total. The van der Waals surface area contributed by atoms with Crippen LogP contribution in [0.5, 0.6) is 0 Å². The minimum Gasteiger partial charge on any atom is -0.390 e. The summed E-state index contributed by atoms with van der Waals surface area (Å²) in [5.41, 5.74) is 3.58. The zero-order valence-electron chi connectivity index (χ0n) is 9.98. The van der Waals surface area contributed by atoms with E-state index in [1.165, 1.54) is 5.56 Å². The van der Waals surface area contributed by atoms with Crippen molar-refractivity contribution in [3.8, 4) is 0 Å². The standard InChI is InChI=1S/C12H13N5O/c1-9-2-3-12-13-10(5-16(12)4-9)6-17-7-11(8-18)14-15-17/h2-5,7,18H,6,8H2,1H3. The molecule has 0 radical (unpaired) electrons. The number of aryl methyl sites for hydroxylation is 1. The zero-order chi connectivity index (χ0) is 12.5. The molecule has 0 spiro atoms. The first-order valence-corrected chi connectivity index (χ1v) is 5.69. The summed E-state index contributed by atoms with van der Waals surface area (Å²) in [6.07, 6.45) is 5.73. The Labute approximate surface area is 104 Å². The van der Waals surface area contributed by atoms with Crippen molar-refractivity contribution in [1.82, 2.24) is 24.4 Å². The van der Waals surface area contributed by atoms with Crippen molar-refractivity contribution in [1.29, 1.82) is 0 Å². The third kappa shape index (κ3) is 1.98. The molecule has 0 aliphatic rings. The quantitative estimate of drug-likeness (QED) is 0.738. The molecule has 0 saturated carbocycles. The van der Waals surface area contributed by atoms with Gasteiger partial charge in [0.25, 0.3) is 0 Å². The maximum atomic E-state index is 8.93. The van der Waals surface area contributed by atoms with Gasteiger partial charge in [0, 0.05) is 12.4 Å². The van der Waals surface area contributed by atoms with Gasteiger partial charge in [-0.2, -0.15) is 0 Å². The first-order chi connectivity index (χ1) is 8.74. The molecule has 0 aliphatic heterocycles. The molecule has 0 fully saturated rings. The number of hydrogen-bond donors (Lipinski definition) is 1. The van der Waals surface area contributed by atoms with Gasteiger partial charge < -0.3 is 9.51 Å². The second kappa shape index (κ2) is 4.23. The minimum absolute atomic E-state index is 0.0929. The smallest absolute Gasteiger partial charge is 0.137 e. The Morgan fingerprint density at radius 1 is 1.17 bits per heavy atom. The first kappa shape index (κ1) is 10.9. The van der Waals surface area contributed by atoms with Gasteiger partial charge in [-0.25, -0.2) is 9.67 Å². The fourth-order valence-corrected chi connectivity index (χ4v) is 1.89. The highest BCUT2D eigenvalue weighted by atomic mass is 16.3. The topological polar surface area (TPSA) is 68.2 Å². The van der Waals surface area contributed by atoms with Crippen molar-refractivity contribution >= 4 is 5.65 Å². The molecular formula is C12H13N5O. The molecule has 6 heteroatoms. The Balaban J connectivity index is 1.90. The third-order valence-electron chi connectivity index (χ3n) is 2.72. The van der Waals surface area contributed by atoms with Crippen LogP contribution in [-0.4, -0.2) is 29.5 Å². The van der Waals surface area contributed by atoms with E-state index in [4.69, 9.17) is 5.11 Å². The molecule has 18 heavy (non-hydrogen) atoms. The Bertz CT molecular complexity index is 685. The Kier molecular flexibility index (Phi) is 2.56. The highest BCUT2D eigenvalue weighted by Gasteiger charge is 2.04. The molecule has 1 N–H and O–H groups in total. The van der Waals surface area contributed by atoms with E-state index in [-0.39, 0.29) is 6.61 Å². The van der Waals surface area contributed by atoms with Gasteiger partial charge in [0.15, 0.2) is 0 Å². The van der Waals surface area contributed by atoms with E-state index >= 15 is 0 Å². The van der Waals surface area contributed by atoms with Crippen LogP contribution in [0.25, 0.3) is 5.65 Å².